The first-order valence-corrected chi connectivity index (χ1v) is 17.9. The van der Waals surface area contributed by atoms with Gasteiger partial charge in [0.1, 0.15) is 6.42 Å². The molecule has 3 fully saturated rings. The number of benzene rings is 2. The molecule has 4 N–H and O–H groups in total. The summed E-state index contributed by atoms with van der Waals surface area (Å²) < 4.78 is 7.48. The number of amides is 2. The maximum atomic E-state index is 13.0. The Labute approximate surface area is 288 Å². The van der Waals surface area contributed by atoms with Gasteiger partial charge in [-0.25, -0.2) is 9.67 Å². The third-order valence-corrected chi connectivity index (χ3v) is 10.2. The van der Waals surface area contributed by atoms with Crippen molar-refractivity contribution in [2.75, 3.05) is 31.6 Å². The van der Waals surface area contributed by atoms with Gasteiger partial charge in [0.15, 0.2) is 5.65 Å². The van der Waals surface area contributed by atoms with Crippen LogP contribution in [0.25, 0.3) is 22.2 Å². The molecule has 258 valence electrons. The molecule has 2 amide bonds. The number of carbonyl (C=O) groups excluding carboxylic acids is 2. The summed E-state index contributed by atoms with van der Waals surface area (Å²) in [5.74, 6) is -0.637. The summed E-state index contributed by atoms with van der Waals surface area (Å²) in [5.41, 5.74) is 8.24. The van der Waals surface area contributed by atoms with Gasteiger partial charge < -0.3 is 26.0 Å². The highest BCUT2D eigenvalue weighted by Gasteiger charge is 2.37. The van der Waals surface area contributed by atoms with Crippen LogP contribution >= 0.6 is 0 Å². The maximum Gasteiger partial charge on any atom is 0.229 e. The minimum absolute atomic E-state index is 0.247. The molecule has 2 atom stereocenters. The monoisotopic (exact) mass is 664 g/mol. The lowest BCUT2D eigenvalue weighted by molar-refractivity contribution is -0.129. The first kappa shape index (κ1) is 33.2. The number of pyridine rings is 1. The van der Waals surface area contributed by atoms with Gasteiger partial charge in [-0.1, -0.05) is 43.3 Å². The second-order valence-electron chi connectivity index (χ2n) is 13.5. The first-order chi connectivity index (χ1) is 24.0. The summed E-state index contributed by atoms with van der Waals surface area (Å²) in [6.45, 7) is 10.1. The van der Waals surface area contributed by atoms with Crippen LogP contribution < -0.4 is 21.3 Å². The fourth-order valence-corrected chi connectivity index (χ4v) is 7.54. The van der Waals surface area contributed by atoms with Crippen LogP contribution in [0.3, 0.4) is 0 Å². The smallest absolute Gasteiger partial charge is 0.229 e. The van der Waals surface area contributed by atoms with Gasteiger partial charge >= 0.3 is 0 Å². The van der Waals surface area contributed by atoms with Crippen LogP contribution in [0.4, 0.5) is 5.69 Å². The third-order valence-electron chi connectivity index (χ3n) is 10.2. The molecule has 2 bridgehead atoms. The van der Waals surface area contributed by atoms with Gasteiger partial charge in [0, 0.05) is 81.9 Å². The molecule has 3 aliphatic rings. The predicted molar refractivity (Wildman–Crippen MR) is 191 cm³/mol. The number of likely N-dealkylation sites (tertiary alicyclic amines) is 1. The van der Waals surface area contributed by atoms with Gasteiger partial charge in [-0.05, 0) is 67.0 Å². The Hall–Kier alpha value is -4.32. The molecule has 4 aromatic rings. The molecule has 3 aliphatic heterocycles. The molecule has 11 heteroatoms. The van der Waals surface area contributed by atoms with Crippen molar-refractivity contribution in [2.24, 2.45) is 0 Å². The van der Waals surface area contributed by atoms with Crippen LogP contribution in [0.15, 0.2) is 54.7 Å². The molecule has 0 saturated carbocycles. The van der Waals surface area contributed by atoms with Crippen LogP contribution in [0.5, 0.6) is 0 Å². The maximum absolute atomic E-state index is 13.0. The van der Waals surface area contributed by atoms with E-state index in [2.05, 4.69) is 81.5 Å². The summed E-state index contributed by atoms with van der Waals surface area (Å²) in [6, 6.07) is 18.5. The van der Waals surface area contributed by atoms with Crippen molar-refractivity contribution in [3.63, 3.8) is 0 Å². The van der Waals surface area contributed by atoms with Crippen LogP contribution in [-0.2, 0) is 46.9 Å². The van der Waals surface area contributed by atoms with Crippen molar-refractivity contribution in [3.05, 3.63) is 77.1 Å². The third kappa shape index (κ3) is 7.64. The van der Waals surface area contributed by atoms with Crippen LogP contribution in [0.1, 0.15) is 61.9 Å². The van der Waals surface area contributed by atoms with Gasteiger partial charge in [-0.15, -0.1) is 0 Å². The number of nitrogens with zero attached hydrogens (tertiary/aromatic N) is 4. The van der Waals surface area contributed by atoms with E-state index in [0.717, 1.165) is 91.3 Å². The second-order valence-corrected chi connectivity index (χ2v) is 13.5. The molecule has 0 radical (unpaired) electrons. The van der Waals surface area contributed by atoms with Crippen molar-refractivity contribution in [1.29, 1.82) is 0 Å². The predicted octanol–water partition coefficient (Wildman–Crippen LogP) is 4.14. The van der Waals surface area contributed by atoms with E-state index in [9.17, 15) is 9.59 Å². The Morgan fingerprint density at radius 3 is 2.41 bits per heavy atom. The van der Waals surface area contributed by atoms with Crippen LogP contribution in [0.2, 0.25) is 0 Å². The number of nitrogens with one attached hydrogen (secondary N) is 4. The fraction of sp³-hybridized carbons (Fsp3) is 0.474. The van der Waals surface area contributed by atoms with E-state index in [-0.39, 0.29) is 30.8 Å². The summed E-state index contributed by atoms with van der Waals surface area (Å²) >= 11 is 0. The number of hydrogen-bond donors (Lipinski definition) is 4. The fourth-order valence-electron chi connectivity index (χ4n) is 7.54. The summed E-state index contributed by atoms with van der Waals surface area (Å²) in [7, 11) is 0. The van der Waals surface area contributed by atoms with Gasteiger partial charge in [-0.2, -0.15) is 5.10 Å². The molecule has 2 aromatic heterocycles. The summed E-state index contributed by atoms with van der Waals surface area (Å²) in [5, 5.41) is 18.8. The number of ether oxygens (including phenoxy) is 1. The molecule has 2 aromatic carbocycles. The lowest BCUT2D eigenvalue weighted by atomic mass is 10.0. The average Bonchev–Trinajstić information content (AvgIpc) is 3.87. The van der Waals surface area contributed by atoms with E-state index in [4.69, 9.17) is 9.72 Å². The Morgan fingerprint density at radius 1 is 0.980 bits per heavy atom. The summed E-state index contributed by atoms with van der Waals surface area (Å²) in [4.78, 5) is 33.5. The van der Waals surface area contributed by atoms with Crippen molar-refractivity contribution < 1.29 is 14.3 Å². The highest BCUT2D eigenvalue weighted by Crippen LogP contribution is 2.31. The first-order valence-electron chi connectivity index (χ1n) is 17.9. The van der Waals surface area contributed by atoms with Crippen molar-refractivity contribution >= 4 is 28.5 Å². The number of rotatable bonds is 13. The van der Waals surface area contributed by atoms with E-state index in [1.165, 1.54) is 17.5 Å². The topological polar surface area (TPSA) is 125 Å². The zero-order valence-electron chi connectivity index (χ0n) is 28.6. The number of carbonyl (C=O) groups is 2. The van der Waals surface area contributed by atoms with Gasteiger partial charge in [0.2, 0.25) is 11.8 Å². The highest BCUT2D eigenvalue weighted by molar-refractivity contribution is 5.97. The molecule has 49 heavy (non-hydrogen) atoms. The van der Waals surface area contributed by atoms with Gasteiger partial charge in [0.25, 0.3) is 0 Å². The Morgan fingerprint density at radius 2 is 1.71 bits per heavy atom. The van der Waals surface area contributed by atoms with Crippen molar-refractivity contribution in [2.45, 2.75) is 90.3 Å². The number of aryl methyl sites for hydroxylation is 2. The average molecular weight is 665 g/mol. The lowest BCUT2D eigenvalue weighted by Gasteiger charge is -2.27. The van der Waals surface area contributed by atoms with Crippen molar-refractivity contribution in [3.8, 4) is 11.1 Å². The van der Waals surface area contributed by atoms with E-state index in [0.29, 0.717) is 25.0 Å². The van der Waals surface area contributed by atoms with E-state index >= 15 is 0 Å². The number of fused-ring (bicyclic) bond motifs is 3. The van der Waals surface area contributed by atoms with E-state index in [1.54, 1.807) is 0 Å². The molecule has 5 heterocycles. The quantitative estimate of drug-likeness (QED) is 0.157. The number of piperazine rings is 1. The van der Waals surface area contributed by atoms with Crippen LogP contribution in [0, 0.1) is 0 Å². The normalized spacial score (nSPS) is 19.4. The van der Waals surface area contributed by atoms with Gasteiger partial charge in [0.05, 0.1) is 17.3 Å². The minimum atomic E-state index is -0.325. The molecule has 0 spiro atoms. The Balaban J connectivity index is 0.959. The highest BCUT2D eigenvalue weighted by atomic mass is 16.5. The molecular formula is C38H48N8O3. The molecule has 2 unspecified atom stereocenters. The number of hydrogen-bond acceptors (Lipinski definition) is 8. The standard InChI is InChI=1S/C38H48N8O3/c1-3-34-32(37(43-29-11-13-49-14-12-29)33-22-42-46(4-2)38(33)44-34)21-41-36(48)18-35(47)40-19-25-7-5-9-27(15-25)28-10-6-8-26(16-28)23-45-24-30-17-31(45)20-39-30/h5-10,15-16,22,29-31,39H,3-4,11-14,17-21,23-24H2,1-2H3,(H,40,47)(H,41,48)(H,43,44). The largest absolute Gasteiger partial charge is 0.381 e. The lowest BCUT2D eigenvalue weighted by Crippen LogP contribution is -2.42. The number of anilines is 1. The van der Waals surface area contributed by atoms with Crippen molar-refractivity contribution in [1.82, 2.24) is 35.6 Å². The Kier molecular flexibility index (Phi) is 10.2. The zero-order chi connectivity index (χ0) is 33.7. The molecule has 11 nitrogen and oxygen atoms in total. The SMILES string of the molecule is CCc1nc2c(cnn2CC)c(NC2CCOCC2)c1CNC(=O)CC(=O)NCc1cccc(-c2cccc(CN3CC4CC3CN4)c2)c1. The minimum Gasteiger partial charge on any atom is -0.381 e. The molecule has 3 saturated heterocycles. The Bertz CT molecular complexity index is 1800. The number of aromatic nitrogens is 3. The molecule has 0 aliphatic carbocycles. The van der Waals surface area contributed by atoms with Crippen LogP contribution in [-0.4, -0.2) is 75.9 Å². The summed E-state index contributed by atoms with van der Waals surface area (Å²) in [6.07, 6.45) is 5.39. The van der Waals surface area contributed by atoms with E-state index in [1.807, 2.05) is 23.0 Å². The van der Waals surface area contributed by atoms with Gasteiger partial charge in [-0.3, -0.25) is 14.5 Å². The van der Waals surface area contributed by atoms with E-state index < -0.39 is 0 Å². The molecular weight excluding hydrogens is 616 g/mol. The molecule has 7 rings (SSSR count). The second kappa shape index (κ2) is 15.1. The zero-order valence-corrected chi connectivity index (χ0v) is 28.6.